The standard InChI is InChI=1S/C21H44O4/c1-18(2)11-7-5-9-13-21(25,20(15-22,16-23)17-24)14-10-6-8-12-19(3)4/h18-19,22-25H,5-17H2,1-4H3. The summed E-state index contributed by atoms with van der Waals surface area (Å²) in [6.45, 7) is 7.66. The van der Waals surface area contributed by atoms with Crippen molar-refractivity contribution in [1.82, 2.24) is 0 Å². The van der Waals surface area contributed by atoms with Crippen molar-refractivity contribution in [2.45, 2.75) is 97.5 Å². The highest BCUT2D eigenvalue weighted by Crippen LogP contribution is 2.39. The Bertz CT molecular complexity index is 285. The quantitative estimate of drug-likeness (QED) is 0.315. The van der Waals surface area contributed by atoms with Gasteiger partial charge in [0.05, 0.1) is 30.8 Å². The molecule has 4 N–H and O–H groups in total. The molecule has 0 aromatic heterocycles. The zero-order valence-electron chi connectivity index (χ0n) is 17.1. The van der Waals surface area contributed by atoms with Crippen LogP contribution in [0.1, 0.15) is 91.9 Å². The van der Waals surface area contributed by atoms with E-state index in [0.717, 1.165) is 38.5 Å². The first-order chi connectivity index (χ1) is 11.8. The van der Waals surface area contributed by atoms with E-state index in [1.165, 1.54) is 12.8 Å². The first-order valence-corrected chi connectivity index (χ1v) is 10.3. The van der Waals surface area contributed by atoms with E-state index in [9.17, 15) is 20.4 Å². The van der Waals surface area contributed by atoms with E-state index in [2.05, 4.69) is 27.7 Å². The van der Waals surface area contributed by atoms with Gasteiger partial charge in [-0.05, 0) is 24.7 Å². The molecule has 0 radical (unpaired) electrons. The topological polar surface area (TPSA) is 80.9 Å². The molecule has 0 aromatic rings. The van der Waals surface area contributed by atoms with Gasteiger partial charge >= 0.3 is 0 Å². The summed E-state index contributed by atoms with van der Waals surface area (Å²) >= 11 is 0. The van der Waals surface area contributed by atoms with Crippen LogP contribution in [0.4, 0.5) is 0 Å². The van der Waals surface area contributed by atoms with Crippen molar-refractivity contribution < 1.29 is 20.4 Å². The molecule has 4 nitrogen and oxygen atoms in total. The summed E-state index contributed by atoms with van der Waals surface area (Å²) in [5.74, 6) is 1.37. The Morgan fingerprint density at radius 1 is 0.600 bits per heavy atom. The fraction of sp³-hybridized carbons (Fsp3) is 1.00. The van der Waals surface area contributed by atoms with Crippen molar-refractivity contribution in [1.29, 1.82) is 0 Å². The van der Waals surface area contributed by atoms with E-state index < -0.39 is 30.8 Å². The fourth-order valence-electron chi connectivity index (χ4n) is 3.54. The molecule has 0 saturated heterocycles. The lowest BCUT2D eigenvalue weighted by Crippen LogP contribution is -2.55. The third-order valence-electron chi connectivity index (χ3n) is 5.64. The summed E-state index contributed by atoms with van der Waals surface area (Å²) < 4.78 is 0. The second-order valence-electron chi connectivity index (χ2n) is 8.77. The average Bonchev–Trinajstić information content (AvgIpc) is 2.55. The van der Waals surface area contributed by atoms with Gasteiger partial charge in [-0.3, -0.25) is 0 Å². The lowest BCUT2D eigenvalue weighted by Gasteiger charge is -2.44. The molecule has 0 fully saturated rings. The van der Waals surface area contributed by atoms with Crippen LogP contribution in [0.15, 0.2) is 0 Å². The Morgan fingerprint density at radius 3 is 1.24 bits per heavy atom. The highest BCUT2D eigenvalue weighted by Gasteiger charge is 2.48. The van der Waals surface area contributed by atoms with Crippen molar-refractivity contribution >= 4 is 0 Å². The van der Waals surface area contributed by atoms with E-state index in [1.807, 2.05) is 0 Å². The Hall–Kier alpha value is -0.160. The molecule has 152 valence electrons. The average molecular weight is 361 g/mol. The minimum absolute atomic E-state index is 0.394. The third kappa shape index (κ3) is 8.85. The Labute approximate surface area is 155 Å². The van der Waals surface area contributed by atoms with Crippen molar-refractivity contribution in [2.75, 3.05) is 19.8 Å². The summed E-state index contributed by atoms with van der Waals surface area (Å²) in [5, 5.41) is 40.6. The maximum Gasteiger partial charge on any atom is 0.0770 e. The van der Waals surface area contributed by atoms with Crippen LogP contribution >= 0.6 is 0 Å². The van der Waals surface area contributed by atoms with Crippen molar-refractivity contribution in [3.8, 4) is 0 Å². The van der Waals surface area contributed by atoms with Crippen LogP contribution in [0.2, 0.25) is 0 Å². The molecule has 0 unspecified atom stereocenters. The van der Waals surface area contributed by atoms with Crippen LogP contribution in [0.3, 0.4) is 0 Å². The first-order valence-electron chi connectivity index (χ1n) is 10.3. The number of aliphatic hydroxyl groups is 4. The monoisotopic (exact) mass is 360 g/mol. The molecule has 0 bridgehead atoms. The van der Waals surface area contributed by atoms with Gasteiger partial charge < -0.3 is 20.4 Å². The molecule has 25 heavy (non-hydrogen) atoms. The van der Waals surface area contributed by atoms with Gasteiger partial charge in [0.15, 0.2) is 0 Å². The molecule has 0 amide bonds. The van der Waals surface area contributed by atoms with Gasteiger partial charge in [0.25, 0.3) is 0 Å². The number of aliphatic hydroxyl groups excluding tert-OH is 3. The molecule has 0 aromatic carbocycles. The third-order valence-corrected chi connectivity index (χ3v) is 5.64. The molecule has 0 aliphatic heterocycles. The predicted octanol–water partition coefficient (Wildman–Crippen LogP) is 3.89. The van der Waals surface area contributed by atoms with Gasteiger partial charge in [-0.15, -0.1) is 0 Å². The minimum atomic E-state index is -1.22. The molecule has 0 aliphatic carbocycles. The normalized spacial score (nSPS) is 13.2. The number of unbranched alkanes of at least 4 members (excludes halogenated alkanes) is 4. The first kappa shape index (κ1) is 24.8. The number of rotatable bonds is 16. The molecular weight excluding hydrogens is 316 g/mol. The number of hydrogen-bond donors (Lipinski definition) is 4. The van der Waals surface area contributed by atoms with Gasteiger partial charge in [-0.2, -0.15) is 0 Å². The van der Waals surface area contributed by atoms with Gasteiger partial charge in [0.2, 0.25) is 0 Å². The van der Waals surface area contributed by atoms with Crippen molar-refractivity contribution in [3.63, 3.8) is 0 Å². The highest BCUT2D eigenvalue weighted by molar-refractivity contribution is 4.98. The Kier molecular flexibility index (Phi) is 13.0. The van der Waals surface area contributed by atoms with E-state index >= 15 is 0 Å². The van der Waals surface area contributed by atoms with Crippen LogP contribution < -0.4 is 0 Å². The maximum atomic E-state index is 11.3. The SMILES string of the molecule is CC(C)CCCCCC(O)(CCCCCC(C)C)C(CO)(CO)CO. The maximum absolute atomic E-state index is 11.3. The van der Waals surface area contributed by atoms with Crippen LogP contribution in [-0.4, -0.2) is 45.8 Å². The van der Waals surface area contributed by atoms with E-state index in [-0.39, 0.29) is 0 Å². The molecule has 0 heterocycles. The zero-order valence-corrected chi connectivity index (χ0v) is 17.1. The van der Waals surface area contributed by atoms with Gasteiger partial charge in [-0.25, -0.2) is 0 Å². The largest absolute Gasteiger partial charge is 0.395 e. The van der Waals surface area contributed by atoms with Gasteiger partial charge in [0, 0.05) is 0 Å². The second-order valence-corrected chi connectivity index (χ2v) is 8.77. The molecular formula is C21H44O4. The lowest BCUT2D eigenvalue weighted by molar-refractivity contribution is -0.162. The molecule has 4 heteroatoms. The van der Waals surface area contributed by atoms with Crippen molar-refractivity contribution in [2.24, 2.45) is 17.3 Å². The Morgan fingerprint density at radius 2 is 0.960 bits per heavy atom. The Balaban J connectivity index is 4.69. The number of hydrogen-bond acceptors (Lipinski definition) is 4. The van der Waals surface area contributed by atoms with Gasteiger partial charge in [0.1, 0.15) is 0 Å². The van der Waals surface area contributed by atoms with Crippen LogP contribution in [0, 0.1) is 17.3 Å². The molecule has 0 saturated carbocycles. The molecule has 0 atom stereocenters. The van der Waals surface area contributed by atoms with Crippen molar-refractivity contribution in [3.05, 3.63) is 0 Å². The zero-order chi connectivity index (χ0) is 19.3. The molecule has 0 aliphatic rings. The molecule has 0 rings (SSSR count). The minimum Gasteiger partial charge on any atom is -0.395 e. The van der Waals surface area contributed by atoms with E-state index in [4.69, 9.17) is 0 Å². The van der Waals surface area contributed by atoms with E-state index in [1.54, 1.807) is 0 Å². The van der Waals surface area contributed by atoms with Crippen LogP contribution in [0.25, 0.3) is 0 Å². The lowest BCUT2D eigenvalue weighted by atomic mass is 9.68. The summed E-state index contributed by atoms with van der Waals surface area (Å²) in [6, 6.07) is 0. The summed E-state index contributed by atoms with van der Waals surface area (Å²) in [4.78, 5) is 0. The highest BCUT2D eigenvalue weighted by atomic mass is 16.3. The summed E-state index contributed by atoms with van der Waals surface area (Å²) in [7, 11) is 0. The van der Waals surface area contributed by atoms with Gasteiger partial charge in [-0.1, -0.05) is 79.1 Å². The summed E-state index contributed by atoms with van der Waals surface area (Å²) in [6.07, 6.45) is 9.46. The fourth-order valence-corrected chi connectivity index (χ4v) is 3.54. The van der Waals surface area contributed by atoms with E-state index in [0.29, 0.717) is 24.7 Å². The molecule has 0 spiro atoms. The van der Waals surface area contributed by atoms with Crippen LogP contribution in [-0.2, 0) is 0 Å². The predicted molar refractivity (Wildman–Crippen MR) is 104 cm³/mol. The second kappa shape index (κ2) is 13.1. The smallest absolute Gasteiger partial charge is 0.0770 e. The summed E-state index contributed by atoms with van der Waals surface area (Å²) in [5.41, 5.74) is -2.43. The van der Waals surface area contributed by atoms with Crippen LogP contribution in [0.5, 0.6) is 0 Å².